The van der Waals surface area contributed by atoms with Crippen LogP contribution in [0.1, 0.15) is 16.1 Å². The van der Waals surface area contributed by atoms with Crippen molar-refractivity contribution >= 4 is 17.6 Å². The van der Waals surface area contributed by atoms with Crippen LogP contribution in [0.5, 0.6) is 5.75 Å². The summed E-state index contributed by atoms with van der Waals surface area (Å²) in [5.41, 5.74) is 0.638. The summed E-state index contributed by atoms with van der Waals surface area (Å²) in [6.07, 6.45) is 1.44. The lowest BCUT2D eigenvalue weighted by Gasteiger charge is -2.07. The Hall–Kier alpha value is -3.59. The fourth-order valence-corrected chi connectivity index (χ4v) is 2.86. The zero-order valence-corrected chi connectivity index (χ0v) is 15.1. The molecule has 4 aromatic rings. The molecule has 28 heavy (non-hydrogen) atoms. The zero-order chi connectivity index (χ0) is 19.7. The molecule has 0 fully saturated rings. The number of hydrogen-bond donors (Lipinski definition) is 0. The number of carbonyl (C=O) groups is 1. The van der Waals surface area contributed by atoms with Crippen molar-refractivity contribution in [3.63, 3.8) is 0 Å². The summed E-state index contributed by atoms with van der Waals surface area (Å²) >= 11 is 6.08. The molecule has 8 nitrogen and oxygen atoms in total. The Kier molecular flexibility index (Phi) is 4.58. The Bertz CT molecular complexity index is 1120. The highest BCUT2D eigenvalue weighted by Crippen LogP contribution is 2.34. The Morgan fingerprint density at radius 3 is 2.68 bits per heavy atom. The second kappa shape index (κ2) is 7.20. The van der Waals surface area contributed by atoms with Crippen LogP contribution in [0.4, 0.5) is 4.39 Å². The van der Waals surface area contributed by atoms with Gasteiger partial charge in [-0.3, -0.25) is 0 Å². The van der Waals surface area contributed by atoms with Gasteiger partial charge in [0.25, 0.3) is 0 Å². The van der Waals surface area contributed by atoms with Gasteiger partial charge in [-0.15, -0.1) is 5.10 Å². The van der Waals surface area contributed by atoms with E-state index >= 15 is 0 Å². The van der Waals surface area contributed by atoms with Crippen LogP contribution in [0.25, 0.3) is 16.9 Å². The number of aryl methyl sites for hydroxylation is 1. The first kappa shape index (κ1) is 17.8. The SMILES string of the molecule is Cc1onc(-c2c(F)cccc2Cl)c1C(=O)Oc1ccc(-n2cnnn2)cc1. The van der Waals surface area contributed by atoms with Gasteiger partial charge in [0.05, 0.1) is 16.3 Å². The molecule has 0 saturated carbocycles. The molecule has 0 radical (unpaired) electrons. The lowest BCUT2D eigenvalue weighted by Crippen LogP contribution is -2.11. The van der Waals surface area contributed by atoms with Crippen molar-refractivity contribution in [3.8, 4) is 22.7 Å². The zero-order valence-electron chi connectivity index (χ0n) is 14.3. The van der Waals surface area contributed by atoms with Crippen molar-refractivity contribution in [2.45, 2.75) is 6.92 Å². The summed E-state index contributed by atoms with van der Waals surface area (Å²) in [5.74, 6) is -0.915. The number of tetrazole rings is 1. The Labute approximate surface area is 162 Å². The fourth-order valence-electron chi connectivity index (χ4n) is 2.61. The molecule has 4 rings (SSSR count). The van der Waals surface area contributed by atoms with Crippen LogP contribution in [0.2, 0.25) is 5.02 Å². The number of halogens is 2. The smallest absolute Gasteiger partial charge is 0.349 e. The molecule has 0 atom stereocenters. The molecule has 0 N–H and O–H groups in total. The van der Waals surface area contributed by atoms with Gasteiger partial charge in [0, 0.05) is 0 Å². The summed E-state index contributed by atoms with van der Waals surface area (Å²) in [6.45, 7) is 1.53. The molecule has 10 heteroatoms. The first-order valence-corrected chi connectivity index (χ1v) is 8.38. The molecule has 0 saturated heterocycles. The predicted octanol–water partition coefficient (Wildman–Crippen LogP) is 3.64. The van der Waals surface area contributed by atoms with Crippen LogP contribution in [0, 0.1) is 12.7 Å². The molecule has 2 aromatic heterocycles. The van der Waals surface area contributed by atoms with Gasteiger partial charge in [0.2, 0.25) is 0 Å². The van der Waals surface area contributed by atoms with Crippen LogP contribution >= 0.6 is 11.6 Å². The van der Waals surface area contributed by atoms with Gasteiger partial charge in [-0.1, -0.05) is 22.8 Å². The van der Waals surface area contributed by atoms with Crippen molar-refractivity contribution in [1.29, 1.82) is 0 Å². The fraction of sp³-hybridized carbons (Fsp3) is 0.0556. The minimum Gasteiger partial charge on any atom is -0.423 e. The van der Waals surface area contributed by atoms with Crippen LogP contribution in [0.15, 0.2) is 53.3 Å². The Balaban J connectivity index is 1.64. The number of nitrogens with zero attached hydrogens (tertiary/aromatic N) is 5. The largest absolute Gasteiger partial charge is 0.423 e. The standard InChI is InChI=1S/C18H11ClFN5O3/c1-10-15(17(22-28-10)16-13(19)3-2-4-14(16)20)18(26)27-12-7-5-11(6-8-12)25-9-21-23-24-25/h2-9H,1H3. The highest BCUT2D eigenvalue weighted by molar-refractivity contribution is 6.33. The van der Waals surface area contributed by atoms with Crippen molar-refractivity contribution in [3.05, 3.63) is 71.0 Å². The molecular formula is C18H11ClFN5O3. The summed E-state index contributed by atoms with van der Waals surface area (Å²) in [5, 5.41) is 14.8. The maximum Gasteiger partial charge on any atom is 0.349 e. The normalized spacial score (nSPS) is 10.8. The quantitative estimate of drug-likeness (QED) is 0.382. The summed E-state index contributed by atoms with van der Waals surface area (Å²) < 4.78 is 26.2. The second-order valence-electron chi connectivity index (χ2n) is 5.70. The third kappa shape index (κ3) is 3.23. The van der Waals surface area contributed by atoms with Crippen molar-refractivity contribution in [1.82, 2.24) is 25.4 Å². The average Bonchev–Trinajstić information content (AvgIpc) is 3.33. The van der Waals surface area contributed by atoms with E-state index in [1.54, 1.807) is 24.3 Å². The number of carbonyl (C=O) groups excluding carboxylic acids is 1. The van der Waals surface area contributed by atoms with Crippen molar-refractivity contribution in [2.75, 3.05) is 0 Å². The maximum atomic E-state index is 14.3. The highest BCUT2D eigenvalue weighted by Gasteiger charge is 2.26. The van der Waals surface area contributed by atoms with E-state index in [2.05, 4.69) is 20.7 Å². The van der Waals surface area contributed by atoms with Gasteiger partial charge in [-0.25, -0.2) is 13.9 Å². The minimum atomic E-state index is -0.747. The molecular weight excluding hydrogens is 389 g/mol. The monoisotopic (exact) mass is 399 g/mol. The molecule has 0 aliphatic heterocycles. The lowest BCUT2D eigenvalue weighted by molar-refractivity contribution is 0.0733. The molecule has 2 heterocycles. The predicted molar refractivity (Wildman–Crippen MR) is 95.8 cm³/mol. The number of ether oxygens (including phenoxy) is 1. The van der Waals surface area contributed by atoms with Gasteiger partial charge in [-0.2, -0.15) is 0 Å². The van der Waals surface area contributed by atoms with Crippen LogP contribution in [-0.2, 0) is 0 Å². The van der Waals surface area contributed by atoms with E-state index in [1.807, 2.05) is 0 Å². The minimum absolute atomic E-state index is 0.00319. The van der Waals surface area contributed by atoms with Gasteiger partial charge in [0.15, 0.2) is 0 Å². The van der Waals surface area contributed by atoms with Crippen LogP contribution in [-0.4, -0.2) is 31.3 Å². The number of rotatable bonds is 4. The molecule has 0 unspecified atom stereocenters. The number of esters is 1. The van der Waals surface area contributed by atoms with E-state index in [0.717, 1.165) is 0 Å². The first-order valence-electron chi connectivity index (χ1n) is 8.01. The van der Waals surface area contributed by atoms with Crippen molar-refractivity contribution in [2.24, 2.45) is 0 Å². The van der Waals surface area contributed by atoms with E-state index in [4.69, 9.17) is 20.9 Å². The van der Waals surface area contributed by atoms with Crippen molar-refractivity contribution < 1.29 is 18.4 Å². The van der Waals surface area contributed by atoms with Gasteiger partial charge in [-0.05, 0) is 53.7 Å². The number of benzene rings is 2. The Morgan fingerprint density at radius 2 is 2.00 bits per heavy atom. The third-order valence-electron chi connectivity index (χ3n) is 3.93. The maximum absolute atomic E-state index is 14.3. The van der Waals surface area contributed by atoms with Crippen LogP contribution < -0.4 is 4.74 Å². The first-order chi connectivity index (χ1) is 13.5. The summed E-state index contributed by atoms with van der Waals surface area (Å²) in [4.78, 5) is 12.7. The van der Waals surface area contributed by atoms with E-state index in [9.17, 15) is 9.18 Å². The number of aromatic nitrogens is 5. The highest BCUT2D eigenvalue weighted by atomic mass is 35.5. The second-order valence-corrected chi connectivity index (χ2v) is 6.10. The molecule has 2 aromatic carbocycles. The molecule has 0 aliphatic carbocycles. The summed E-state index contributed by atoms with van der Waals surface area (Å²) in [7, 11) is 0. The van der Waals surface area contributed by atoms with E-state index in [0.29, 0.717) is 5.69 Å². The van der Waals surface area contributed by atoms with E-state index in [1.165, 1.54) is 36.1 Å². The van der Waals surface area contributed by atoms with Gasteiger partial charge < -0.3 is 9.26 Å². The van der Waals surface area contributed by atoms with E-state index in [-0.39, 0.29) is 33.4 Å². The lowest BCUT2D eigenvalue weighted by atomic mass is 10.1. The van der Waals surface area contributed by atoms with Gasteiger partial charge in [0.1, 0.15) is 34.9 Å². The molecule has 0 spiro atoms. The Morgan fingerprint density at radius 1 is 1.21 bits per heavy atom. The third-order valence-corrected chi connectivity index (χ3v) is 4.24. The van der Waals surface area contributed by atoms with E-state index < -0.39 is 11.8 Å². The molecule has 0 aliphatic rings. The summed E-state index contributed by atoms with van der Waals surface area (Å²) in [6, 6.07) is 10.7. The van der Waals surface area contributed by atoms with Crippen LogP contribution in [0.3, 0.4) is 0 Å². The average molecular weight is 400 g/mol. The number of hydrogen-bond acceptors (Lipinski definition) is 7. The van der Waals surface area contributed by atoms with Gasteiger partial charge >= 0.3 is 5.97 Å². The topological polar surface area (TPSA) is 95.9 Å². The molecule has 0 amide bonds. The molecule has 140 valence electrons. The molecule has 0 bridgehead atoms.